The van der Waals surface area contributed by atoms with Crippen molar-refractivity contribution in [1.82, 2.24) is 19.8 Å². The van der Waals surface area contributed by atoms with Gasteiger partial charge >= 0.3 is 12.1 Å². The molecule has 2 aromatic rings. The number of carbonyl (C=O) groups excluding carboxylic acids is 1. The Kier molecular flexibility index (Phi) is 8.19. The highest BCUT2D eigenvalue weighted by Crippen LogP contribution is 2.33. The first-order valence-corrected chi connectivity index (χ1v) is 11.8. The van der Waals surface area contributed by atoms with Gasteiger partial charge in [-0.1, -0.05) is 23.7 Å². The van der Waals surface area contributed by atoms with Crippen LogP contribution in [0.5, 0.6) is 0 Å². The number of rotatable bonds is 7. The lowest BCUT2D eigenvalue weighted by Gasteiger charge is -2.34. The zero-order valence-corrected chi connectivity index (χ0v) is 20.7. The summed E-state index contributed by atoms with van der Waals surface area (Å²) in [4.78, 5) is 30.0. The van der Waals surface area contributed by atoms with Crippen LogP contribution in [0, 0.1) is 0 Å². The van der Waals surface area contributed by atoms with E-state index in [9.17, 15) is 14.7 Å². The number of imidazole rings is 1. The molecule has 0 saturated carbocycles. The lowest BCUT2D eigenvalue weighted by Crippen LogP contribution is -2.46. The fraction of sp³-hybridized carbons (Fsp3) is 0.500. The average Bonchev–Trinajstić information content (AvgIpc) is 3.10. The number of hydrogen-bond donors (Lipinski definition) is 2. The first kappa shape index (κ1) is 24.5. The van der Waals surface area contributed by atoms with Gasteiger partial charge in [0, 0.05) is 30.2 Å². The molecule has 1 aromatic carbocycles. The molecular weight excluding hydrogens is 500 g/mol. The molecule has 32 heavy (non-hydrogen) atoms. The average molecular weight is 528 g/mol. The number of likely N-dealkylation sites (tertiary alicyclic amines) is 1. The van der Waals surface area contributed by atoms with Crippen LogP contribution in [0.2, 0.25) is 5.02 Å². The highest BCUT2D eigenvalue weighted by atomic mass is 79.9. The molecule has 174 valence electrons. The number of carbonyl (C=O) groups is 2. The normalized spacial score (nSPS) is 15.8. The molecular formula is C22H28BrClN4O4. The topological polar surface area (TPSA) is 96.7 Å². The first-order chi connectivity index (χ1) is 15.2. The Morgan fingerprint density at radius 2 is 1.91 bits per heavy atom. The highest BCUT2D eigenvalue weighted by molar-refractivity contribution is 9.10. The Balaban J connectivity index is 2.04. The van der Waals surface area contributed by atoms with Crippen molar-refractivity contribution in [3.63, 3.8) is 0 Å². The Labute approximate surface area is 201 Å². The monoisotopic (exact) mass is 526 g/mol. The molecule has 1 amide bonds. The largest absolute Gasteiger partial charge is 0.465 e. The Bertz CT molecular complexity index is 956. The maximum Gasteiger partial charge on any atom is 0.407 e. The van der Waals surface area contributed by atoms with Crippen molar-refractivity contribution >= 4 is 39.6 Å². The van der Waals surface area contributed by atoms with Crippen molar-refractivity contribution in [2.75, 3.05) is 19.7 Å². The second-order valence-electron chi connectivity index (χ2n) is 7.99. The molecule has 1 unspecified atom stereocenters. The van der Waals surface area contributed by atoms with Crippen molar-refractivity contribution in [3.8, 4) is 0 Å². The quantitative estimate of drug-likeness (QED) is 0.498. The Hall–Kier alpha value is -2.10. The third-order valence-electron chi connectivity index (χ3n) is 5.53. The van der Waals surface area contributed by atoms with E-state index in [4.69, 9.17) is 16.3 Å². The van der Waals surface area contributed by atoms with E-state index in [1.165, 1.54) is 4.90 Å². The number of ether oxygens (including phenoxy) is 1. The number of nitrogens with one attached hydrogen (secondary N) is 1. The molecule has 1 aromatic heterocycles. The molecule has 0 spiro atoms. The fourth-order valence-corrected chi connectivity index (χ4v) is 4.90. The van der Waals surface area contributed by atoms with Crippen LogP contribution in [0.15, 0.2) is 29.0 Å². The highest BCUT2D eigenvalue weighted by Gasteiger charge is 2.33. The minimum atomic E-state index is -0.899. The van der Waals surface area contributed by atoms with Crippen LogP contribution < -0.4 is 5.32 Å². The maximum atomic E-state index is 12.8. The van der Waals surface area contributed by atoms with Crippen LogP contribution >= 0.6 is 27.5 Å². The van der Waals surface area contributed by atoms with Crippen LogP contribution in [0.1, 0.15) is 67.4 Å². The molecule has 0 bridgehead atoms. The fourth-order valence-electron chi connectivity index (χ4n) is 3.99. The molecule has 1 fully saturated rings. The van der Waals surface area contributed by atoms with E-state index in [1.54, 1.807) is 6.92 Å². The van der Waals surface area contributed by atoms with Crippen LogP contribution in [0.3, 0.4) is 0 Å². The predicted molar refractivity (Wildman–Crippen MR) is 125 cm³/mol. The van der Waals surface area contributed by atoms with E-state index in [2.05, 4.69) is 26.2 Å². The van der Waals surface area contributed by atoms with Crippen LogP contribution in [0.25, 0.3) is 0 Å². The number of hydrogen-bond acceptors (Lipinski definition) is 5. The molecule has 10 heteroatoms. The summed E-state index contributed by atoms with van der Waals surface area (Å²) in [5.74, 6) is -0.482. The molecule has 1 saturated heterocycles. The standard InChI is InChI=1S/C22H28BrClN4O4/c1-4-32-20(29)18-19(28(13(2)3)21(23)26-18)17(14-5-7-15(24)8-6-14)25-16-9-11-27(12-10-16)22(30)31/h5-8,13,16-17,25H,4,9-12H2,1-3H3,(H,30,31). The number of amides is 1. The summed E-state index contributed by atoms with van der Waals surface area (Å²) in [7, 11) is 0. The van der Waals surface area contributed by atoms with E-state index in [1.807, 2.05) is 42.7 Å². The van der Waals surface area contributed by atoms with Gasteiger partial charge in [0.2, 0.25) is 0 Å². The first-order valence-electron chi connectivity index (χ1n) is 10.7. The third kappa shape index (κ3) is 5.44. The Morgan fingerprint density at radius 1 is 1.28 bits per heavy atom. The molecule has 8 nitrogen and oxygen atoms in total. The van der Waals surface area contributed by atoms with Gasteiger partial charge in [0.25, 0.3) is 0 Å². The summed E-state index contributed by atoms with van der Waals surface area (Å²) in [5.41, 5.74) is 1.88. The number of esters is 1. The molecule has 3 rings (SSSR count). The van der Waals surface area contributed by atoms with Crippen molar-refractivity contribution in [2.24, 2.45) is 0 Å². The van der Waals surface area contributed by atoms with Crippen LogP contribution in [-0.2, 0) is 4.74 Å². The summed E-state index contributed by atoms with van der Waals surface area (Å²) in [5, 5.41) is 13.5. The molecule has 0 aliphatic carbocycles. The molecule has 1 atom stereocenters. The summed E-state index contributed by atoms with van der Waals surface area (Å²) < 4.78 is 7.82. The van der Waals surface area contributed by atoms with Gasteiger partial charge in [-0.2, -0.15) is 0 Å². The van der Waals surface area contributed by atoms with Crippen molar-refractivity contribution < 1.29 is 19.4 Å². The van der Waals surface area contributed by atoms with Gasteiger partial charge in [0.05, 0.1) is 18.3 Å². The molecule has 2 heterocycles. The van der Waals surface area contributed by atoms with Crippen molar-refractivity contribution in [1.29, 1.82) is 0 Å². The van der Waals surface area contributed by atoms with Gasteiger partial charge in [-0.3, -0.25) is 0 Å². The van der Waals surface area contributed by atoms with Gasteiger partial charge in [-0.25, -0.2) is 14.6 Å². The zero-order chi connectivity index (χ0) is 23.4. The van der Waals surface area contributed by atoms with Crippen LogP contribution in [-0.4, -0.2) is 57.4 Å². The number of halogens is 2. The summed E-state index contributed by atoms with van der Waals surface area (Å²) in [6.45, 7) is 6.97. The number of carboxylic acid groups (broad SMARTS) is 1. The van der Waals surface area contributed by atoms with E-state index in [0.29, 0.717) is 41.4 Å². The number of benzene rings is 1. The number of nitrogens with zero attached hydrogens (tertiary/aromatic N) is 3. The van der Waals surface area contributed by atoms with Crippen molar-refractivity contribution in [3.05, 3.63) is 51.0 Å². The summed E-state index contributed by atoms with van der Waals surface area (Å²) >= 11 is 9.64. The SMILES string of the molecule is CCOC(=O)c1nc(Br)n(C(C)C)c1C(NC1CCN(C(=O)O)CC1)c1ccc(Cl)cc1. The number of aromatic nitrogens is 2. The second-order valence-corrected chi connectivity index (χ2v) is 9.14. The second kappa shape index (κ2) is 10.7. The van der Waals surface area contributed by atoms with Crippen molar-refractivity contribution in [2.45, 2.75) is 51.7 Å². The third-order valence-corrected chi connectivity index (χ3v) is 6.35. The lowest BCUT2D eigenvalue weighted by molar-refractivity contribution is 0.0517. The lowest BCUT2D eigenvalue weighted by atomic mass is 9.97. The van der Waals surface area contributed by atoms with Gasteiger partial charge in [0.1, 0.15) is 0 Å². The van der Waals surface area contributed by atoms with Crippen LogP contribution in [0.4, 0.5) is 4.79 Å². The van der Waals surface area contributed by atoms with Gasteiger partial charge in [-0.15, -0.1) is 0 Å². The predicted octanol–water partition coefficient (Wildman–Crippen LogP) is 4.88. The minimum absolute atomic E-state index is 0.0282. The Morgan fingerprint density at radius 3 is 2.44 bits per heavy atom. The van der Waals surface area contributed by atoms with Gasteiger partial charge in [0.15, 0.2) is 10.4 Å². The van der Waals surface area contributed by atoms with E-state index in [-0.39, 0.29) is 30.4 Å². The maximum absolute atomic E-state index is 12.8. The minimum Gasteiger partial charge on any atom is -0.465 e. The van der Waals surface area contributed by atoms with Gasteiger partial charge in [-0.05, 0) is 67.2 Å². The summed E-state index contributed by atoms with van der Waals surface area (Å²) in [6.07, 6.45) is 0.439. The van der Waals surface area contributed by atoms with Gasteiger partial charge < -0.3 is 24.6 Å². The summed E-state index contributed by atoms with van der Waals surface area (Å²) in [6, 6.07) is 7.20. The van der Waals surface area contributed by atoms with E-state index in [0.717, 1.165) is 5.56 Å². The van der Waals surface area contributed by atoms with E-state index >= 15 is 0 Å². The smallest absolute Gasteiger partial charge is 0.407 e. The van der Waals surface area contributed by atoms with E-state index < -0.39 is 12.1 Å². The molecule has 1 aliphatic heterocycles. The molecule has 0 radical (unpaired) electrons. The number of piperidine rings is 1. The molecule has 1 aliphatic rings. The zero-order valence-electron chi connectivity index (χ0n) is 18.3. The molecule has 2 N–H and O–H groups in total.